The largest absolute Gasteiger partial charge is 0.388 e. The van der Waals surface area contributed by atoms with Crippen LogP contribution < -0.4 is 5.32 Å². The van der Waals surface area contributed by atoms with Crippen molar-refractivity contribution in [1.29, 1.82) is 0 Å². The van der Waals surface area contributed by atoms with Crippen LogP contribution in [0, 0.1) is 0 Å². The van der Waals surface area contributed by atoms with Gasteiger partial charge in [-0.2, -0.15) is 0 Å². The van der Waals surface area contributed by atoms with E-state index in [2.05, 4.69) is 10.2 Å². The Morgan fingerprint density at radius 1 is 1.19 bits per heavy atom. The molecule has 16 heavy (non-hydrogen) atoms. The number of carbonyl (C=O) groups excluding carboxylic acids is 1. The highest BCUT2D eigenvalue weighted by Crippen LogP contribution is 2.10. The maximum Gasteiger partial charge on any atom is 0.236 e. The fourth-order valence-corrected chi connectivity index (χ4v) is 2.13. The molecule has 1 amide bonds. The normalized spacial score (nSPS) is 32.0. The monoisotopic (exact) mass is 229 g/mol. The van der Waals surface area contributed by atoms with Crippen LogP contribution in [0.5, 0.6) is 0 Å². The van der Waals surface area contributed by atoms with Crippen molar-refractivity contribution in [2.75, 3.05) is 45.8 Å². The number of likely N-dealkylation sites (tertiary alicyclic amines) is 1. The maximum atomic E-state index is 11.8. The Balaban J connectivity index is 1.79. The first-order valence-electron chi connectivity index (χ1n) is 5.74. The zero-order valence-corrected chi connectivity index (χ0v) is 9.30. The summed E-state index contributed by atoms with van der Waals surface area (Å²) in [5.41, 5.74) is 0. The van der Waals surface area contributed by atoms with Gasteiger partial charge in [-0.1, -0.05) is 0 Å². The third-order valence-electron chi connectivity index (χ3n) is 3.18. The van der Waals surface area contributed by atoms with Gasteiger partial charge in [0, 0.05) is 39.3 Å². The molecule has 0 spiro atoms. The number of aliphatic hydroxyl groups is 2. The first-order valence-corrected chi connectivity index (χ1v) is 5.74. The highest BCUT2D eigenvalue weighted by molar-refractivity contribution is 5.78. The van der Waals surface area contributed by atoms with Crippen molar-refractivity contribution < 1.29 is 15.0 Å². The molecule has 2 aliphatic rings. The molecule has 0 aliphatic carbocycles. The van der Waals surface area contributed by atoms with Gasteiger partial charge in [0.25, 0.3) is 0 Å². The van der Waals surface area contributed by atoms with Crippen LogP contribution in [0.1, 0.15) is 0 Å². The quantitative estimate of drug-likeness (QED) is 0.486. The minimum Gasteiger partial charge on any atom is -0.388 e. The van der Waals surface area contributed by atoms with E-state index >= 15 is 0 Å². The lowest BCUT2D eigenvalue weighted by Gasteiger charge is -2.28. The zero-order valence-electron chi connectivity index (χ0n) is 9.30. The van der Waals surface area contributed by atoms with Crippen molar-refractivity contribution in [3.8, 4) is 0 Å². The van der Waals surface area contributed by atoms with Crippen molar-refractivity contribution >= 4 is 5.91 Å². The van der Waals surface area contributed by atoms with E-state index in [-0.39, 0.29) is 19.0 Å². The molecule has 92 valence electrons. The predicted octanol–water partition coefficient (Wildman–Crippen LogP) is -2.54. The standard InChI is InChI=1S/C10H19N3O3/c14-8-5-13(6-9(8)15)10(16)7-12-3-1-11-2-4-12/h8-9,11,14-15H,1-7H2. The first-order chi connectivity index (χ1) is 7.66. The minimum atomic E-state index is -0.785. The number of amides is 1. The van der Waals surface area contributed by atoms with E-state index in [0.29, 0.717) is 6.54 Å². The summed E-state index contributed by atoms with van der Waals surface area (Å²) in [6.07, 6.45) is -1.57. The fourth-order valence-electron chi connectivity index (χ4n) is 2.13. The van der Waals surface area contributed by atoms with Gasteiger partial charge in [0.1, 0.15) is 0 Å². The van der Waals surface area contributed by atoms with Crippen LogP contribution in [0.15, 0.2) is 0 Å². The summed E-state index contributed by atoms with van der Waals surface area (Å²) in [4.78, 5) is 15.5. The molecule has 2 saturated heterocycles. The van der Waals surface area contributed by atoms with Gasteiger partial charge in [0.2, 0.25) is 5.91 Å². The van der Waals surface area contributed by atoms with Gasteiger partial charge < -0.3 is 20.4 Å². The smallest absolute Gasteiger partial charge is 0.236 e. The Hall–Kier alpha value is -0.690. The maximum absolute atomic E-state index is 11.8. The number of carbonyl (C=O) groups is 1. The lowest BCUT2D eigenvalue weighted by Crippen LogP contribution is -2.48. The molecule has 6 nitrogen and oxygen atoms in total. The minimum absolute atomic E-state index is 0.00231. The van der Waals surface area contributed by atoms with Crippen LogP contribution >= 0.6 is 0 Å². The lowest BCUT2D eigenvalue weighted by atomic mass is 10.3. The summed E-state index contributed by atoms with van der Waals surface area (Å²) in [7, 11) is 0. The summed E-state index contributed by atoms with van der Waals surface area (Å²) in [5, 5.41) is 21.9. The third-order valence-corrected chi connectivity index (χ3v) is 3.18. The van der Waals surface area contributed by atoms with Crippen molar-refractivity contribution in [3.63, 3.8) is 0 Å². The molecule has 2 aliphatic heterocycles. The van der Waals surface area contributed by atoms with Gasteiger partial charge in [-0.25, -0.2) is 0 Å². The van der Waals surface area contributed by atoms with Crippen molar-refractivity contribution in [3.05, 3.63) is 0 Å². The Kier molecular flexibility index (Phi) is 3.75. The summed E-state index contributed by atoms with van der Waals surface area (Å²) in [6, 6.07) is 0. The Morgan fingerprint density at radius 3 is 2.31 bits per heavy atom. The molecule has 0 aromatic rings. The van der Waals surface area contributed by atoms with Crippen LogP contribution in [-0.2, 0) is 4.79 Å². The molecule has 0 saturated carbocycles. The van der Waals surface area contributed by atoms with Crippen LogP contribution in [0.2, 0.25) is 0 Å². The first kappa shape index (κ1) is 11.8. The van der Waals surface area contributed by atoms with Crippen molar-refractivity contribution in [2.45, 2.75) is 12.2 Å². The van der Waals surface area contributed by atoms with Gasteiger partial charge in [0.05, 0.1) is 18.8 Å². The van der Waals surface area contributed by atoms with Crippen LogP contribution in [0.4, 0.5) is 0 Å². The molecule has 2 fully saturated rings. The molecule has 2 heterocycles. The molecule has 0 bridgehead atoms. The van der Waals surface area contributed by atoms with Gasteiger partial charge in [-0.05, 0) is 0 Å². The summed E-state index contributed by atoms with van der Waals surface area (Å²) in [6.45, 7) is 4.49. The van der Waals surface area contributed by atoms with Crippen LogP contribution in [-0.4, -0.2) is 83.9 Å². The second-order valence-electron chi connectivity index (χ2n) is 4.46. The van der Waals surface area contributed by atoms with E-state index < -0.39 is 12.2 Å². The van der Waals surface area contributed by atoms with E-state index in [9.17, 15) is 15.0 Å². The van der Waals surface area contributed by atoms with Gasteiger partial charge in [0.15, 0.2) is 0 Å². The Bertz CT molecular complexity index is 246. The molecule has 0 radical (unpaired) electrons. The van der Waals surface area contributed by atoms with E-state index in [1.807, 2.05) is 0 Å². The molecule has 6 heteroatoms. The molecule has 3 N–H and O–H groups in total. The molecule has 2 unspecified atom stereocenters. The SMILES string of the molecule is O=C(CN1CCNCC1)N1CC(O)C(O)C1. The summed E-state index contributed by atoms with van der Waals surface area (Å²) >= 11 is 0. The third kappa shape index (κ3) is 2.70. The topological polar surface area (TPSA) is 76.0 Å². The highest BCUT2D eigenvalue weighted by atomic mass is 16.3. The number of aliphatic hydroxyl groups excluding tert-OH is 2. The number of β-amino-alcohol motifs (C(OH)–C–C–N with tert-alkyl or cyclic N) is 2. The summed E-state index contributed by atoms with van der Waals surface area (Å²) < 4.78 is 0. The Labute approximate surface area is 94.8 Å². The van der Waals surface area contributed by atoms with E-state index in [1.165, 1.54) is 4.90 Å². The molecule has 0 aromatic carbocycles. The lowest BCUT2D eigenvalue weighted by molar-refractivity contribution is -0.132. The number of hydrogen-bond acceptors (Lipinski definition) is 5. The van der Waals surface area contributed by atoms with E-state index in [0.717, 1.165) is 26.2 Å². The molecule has 2 rings (SSSR count). The molecular formula is C10H19N3O3. The number of hydrogen-bond donors (Lipinski definition) is 3. The average Bonchev–Trinajstić information content (AvgIpc) is 2.61. The number of rotatable bonds is 2. The molecule has 2 atom stereocenters. The average molecular weight is 229 g/mol. The summed E-state index contributed by atoms with van der Waals surface area (Å²) in [5.74, 6) is -0.00231. The van der Waals surface area contributed by atoms with E-state index in [1.54, 1.807) is 0 Å². The Morgan fingerprint density at radius 2 is 1.75 bits per heavy atom. The molecule has 0 aromatic heterocycles. The second-order valence-corrected chi connectivity index (χ2v) is 4.46. The zero-order chi connectivity index (χ0) is 11.5. The van der Waals surface area contributed by atoms with Crippen molar-refractivity contribution in [2.24, 2.45) is 0 Å². The van der Waals surface area contributed by atoms with E-state index in [4.69, 9.17) is 0 Å². The highest BCUT2D eigenvalue weighted by Gasteiger charge is 2.32. The molecular weight excluding hydrogens is 210 g/mol. The number of piperazine rings is 1. The number of nitrogens with one attached hydrogen (secondary N) is 1. The number of nitrogens with zero attached hydrogens (tertiary/aromatic N) is 2. The van der Waals surface area contributed by atoms with Gasteiger partial charge in [-0.3, -0.25) is 9.69 Å². The van der Waals surface area contributed by atoms with Crippen molar-refractivity contribution in [1.82, 2.24) is 15.1 Å². The fraction of sp³-hybridized carbons (Fsp3) is 0.900. The van der Waals surface area contributed by atoms with Gasteiger partial charge in [-0.15, -0.1) is 0 Å². The predicted molar refractivity (Wildman–Crippen MR) is 57.9 cm³/mol. The van der Waals surface area contributed by atoms with Gasteiger partial charge >= 0.3 is 0 Å². The van der Waals surface area contributed by atoms with Crippen LogP contribution in [0.3, 0.4) is 0 Å². The van der Waals surface area contributed by atoms with Crippen LogP contribution in [0.25, 0.3) is 0 Å². The second kappa shape index (κ2) is 5.09.